The summed E-state index contributed by atoms with van der Waals surface area (Å²) in [5, 5.41) is 0. The van der Waals surface area contributed by atoms with Gasteiger partial charge in [-0.15, -0.1) is 0 Å². The number of aromatic nitrogens is 1. The van der Waals surface area contributed by atoms with Crippen molar-refractivity contribution in [3.63, 3.8) is 0 Å². The van der Waals surface area contributed by atoms with Gasteiger partial charge < -0.3 is 0 Å². The van der Waals surface area contributed by atoms with Gasteiger partial charge in [-0.05, 0) is 58.2 Å². The third-order valence-corrected chi connectivity index (χ3v) is 6.18. The van der Waals surface area contributed by atoms with Crippen LogP contribution in [0.1, 0.15) is 23.0 Å². The highest BCUT2D eigenvalue weighted by molar-refractivity contribution is 5.71. The molecule has 2 unspecified atom stereocenters. The second-order valence-electron chi connectivity index (χ2n) is 7.62. The Balaban J connectivity index is 1.45. The zero-order valence-electron chi connectivity index (χ0n) is 14.4. The van der Waals surface area contributed by atoms with Crippen LogP contribution in [0, 0.1) is 11.8 Å². The lowest BCUT2D eigenvalue weighted by molar-refractivity contribution is 1.00. The van der Waals surface area contributed by atoms with Crippen molar-refractivity contribution in [1.29, 1.82) is 0 Å². The smallest absolute Gasteiger partial charge is 0.0708 e. The average molecular weight is 333 g/mol. The Morgan fingerprint density at radius 2 is 1.42 bits per heavy atom. The molecule has 124 valence electrons. The predicted octanol–water partition coefficient (Wildman–Crippen LogP) is 5.97. The van der Waals surface area contributed by atoms with Crippen LogP contribution < -0.4 is 0 Å². The Morgan fingerprint density at radius 3 is 2.23 bits per heavy atom. The van der Waals surface area contributed by atoms with E-state index >= 15 is 0 Å². The summed E-state index contributed by atoms with van der Waals surface area (Å²) < 4.78 is 0. The Labute approximate surface area is 153 Å². The van der Waals surface area contributed by atoms with E-state index in [2.05, 4.69) is 90.0 Å². The van der Waals surface area contributed by atoms with Crippen LogP contribution in [0.5, 0.6) is 0 Å². The van der Waals surface area contributed by atoms with Crippen LogP contribution in [0.25, 0.3) is 22.4 Å². The molecule has 0 saturated heterocycles. The van der Waals surface area contributed by atoms with Gasteiger partial charge in [-0.1, -0.05) is 66.8 Å². The van der Waals surface area contributed by atoms with Crippen molar-refractivity contribution < 1.29 is 0 Å². The summed E-state index contributed by atoms with van der Waals surface area (Å²) in [6, 6.07) is 21.8. The Hall–Kier alpha value is -2.93. The van der Waals surface area contributed by atoms with E-state index < -0.39 is 0 Å². The number of benzene rings is 2. The van der Waals surface area contributed by atoms with Crippen molar-refractivity contribution >= 4 is 0 Å². The number of nitrogens with zero attached hydrogens (tertiary/aromatic N) is 1. The van der Waals surface area contributed by atoms with Gasteiger partial charge in [0.25, 0.3) is 0 Å². The molecular formula is C25H19N. The summed E-state index contributed by atoms with van der Waals surface area (Å²) in [5.41, 5.74) is 7.72. The topological polar surface area (TPSA) is 12.9 Å². The first-order valence-electron chi connectivity index (χ1n) is 9.41. The van der Waals surface area contributed by atoms with E-state index in [1.807, 2.05) is 6.20 Å². The maximum Gasteiger partial charge on any atom is 0.0708 e. The fourth-order valence-corrected chi connectivity index (χ4v) is 4.76. The summed E-state index contributed by atoms with van der Waals surface area (Å²) in [4.78, 5) is 4.66. The molecular weight excluding hydrogens is 314 g/mol. The summed E-state index contributed by atoms with van der Waals surface area (Å²) in [6.07, 6.45) is 11.6. The Kier molecular flexibility index (Phi) is 2.90. The van der Waals surface area contributed by atoms with Crippen molar-refractivity contribution in [2.75, 3.05) is 0 Å². The van der Waals surface area contributed by atoms with Crippen LogP contribution in [-0.2, 0) is 0 Å². The van der Waals surface area contributed by atoms with Gasteiger partial charge in [-0.2, -0.15) is 0 Å². The molecule has 0 N–H and O–H groups in total. The van der Waals surface area contributed by atoms with E-state index in [1.165, 1.54) is 22.3 Å². The molecule has 1 heterocycles. The van der Waals surface area contributed by atoms with Crippen LogP contribution >= 0.6 is 0 Å². The van der Waals surface area contributed by atoms with Crippen LogP contribution in [-0.4, -0.2) is 4.98 Å². The lowest BCUT2D eigenvalue weighted by Crippen LogP contribution is -1.97. The average Bonchev–Trinajstić information content (AvgIpc) is 3.47. The highest BCUT2D eigenvalue weighted by Crippen LogP contribution is 2.61. The maximum absolute atomic E-state index is 4.66. The van der Waals surface area contributed by atoms with Crippen LogP contribution in [0.4, 0.5) is 0 Å². The molecule has 1 nitrogen and oxygen atoms in total. The maximum atomic E-state index is 4.66. The van der Waals surface area contributed by atoms with Gasteiger partial charge in [0.2, 0.25) is 0 Å². The molecule has 26 heavy (non-hydrogen) atoms. The summed E-state index contributed by atoms with van der Waals surface area (Å²) in [5.74, 6) is 2.57. The highest BCUT2D eigenvalue weighted by Gasteiger charge is 2.51. The predicted molar refractivity (Wildman–Crippen MR) is 106 cm³/mol. The number of allylic oxidation sites excluding steroid dienone is 4. The molecule has 4 bridgehead atoms. The molecule has 0 radical (unpaired) electrons. The van der Waals surface area contributed by atoms with Crippen molar-refractivity contribution in [1.82, 2.24) is 4.98 Å². The first kappa shape index (κ1) is 14.3. The molecule has 0 amide bonds. The molecule has 3 aromatic rings. The van der Waals surface area contributed by atoms with Crippen molar-refractivity contribution in [2.45, 2.75) is 11.8 Å². The van der Waals surface area contributed by atoms with Crippen LogP contribution in [0.3, 0.4) is 0 Å². The van der Waals surface area contributed by atoms with Gasteiger partial charge >= 0.3 is 0 Å². The molecule has 4 aliphatic carbocycles. The highest BCUT2D eigenvalue weighted by atomic mass is 14.7. The van der Waals surface area contributed by atoms with Gasteiger partial charge in [-0.3, -0.25) is 4.98 Å². The molecule has 1 heteroatoms. The zero-order valence-corrected chi connectivity index (χ0v) is 14.4. The monoisotopic (exact) mass is 333 g/mol. The fourth-order valence-electron chi connectivity index (χ4n) is 4.76. The quantitative estimate of drug-likeness (QED) is 0.527. The molecule has 4 aliphatic rings. The van der Waals surface area contributed by atoms with Crippen LogP contribution in [0.2, 0.25) is 0 Å². The van der Waals surface area contributed by atoms with Gasteiger partial charge in [-0.25, -0.2) is 0 Å². The van der Waals surface area contributed by atoms with E-state index in [9.17, 15) is 0 Å². The number of hydrogen-bond acceptors (Lipinski definition) is 1. The van der Waals surface area contributed by atoms with Crippen molar-refractivity contribution in [3.05, 3.63) is 102 Å². The second kappa shape index (κ2) is 5.28. The number of rotatable bonds is 2. The Bertz CT molecular complexity index is 1040. The third kappa shape index (κ3) is 2.07. The summed E-state index contributed by atoms with van der Waals surface area (Å²) >= 11 is 0. The molecule has 0 aliphatic heterocycles. The second-order valence-corrected chi connectivity index (χ2v) is 7.62. The minimum absolute atomic E-state index is 0.419. The lowest BCUT2D eigenvalue weighted by Gasteiger charge is -2.14. The van der Waals surface area contributed by atoms with Gasteiger partial charge in [0, 0.05) is 17.7 Å². The van der Waals surface area contributed by atoms with E-state index in [-0.39, 0.29) is 0 Å². The largest absolute Gasteiger partial charge is 0.256 e. The van der Waals surface area contributed by atoms with Gasteiger partial charge in [0.05, 0.1) is 5.69 Å². The molecule has 2 aromatic carbocycles. The van der Waals surface area contributed by atoms with Gasteiger partial charge in [0.1, 0.15) is 0 Å². The van der Waals surface area contributed by atoms with E-state index in [0.717, 1.165) is 17.5 Å². The molecule has 0 spiro atoms. The first-order chi connectivity index (χ1) is 12.9. The number of hydrogen-bond donors (Lipinski definition) is 0. The molecule has 7 rings (SSSR count). The van der Waals surface area contributed by atoms with Crippen molar-refractivity contribution in [3.8, 4) is 22.4 Å². The minimum Gasteiger partial charge on any atom is -0.256 e. The lowest BCUT2D eigenvalue weighted by atomic mass is 9.91. The number of pyridine rings is 1. The van der Waals surface area contributed by atoms with Crippen LogP contribution in [0.15, 0.2) is 91.2 Å². The third-order valence-electron chi connectivity index (χ3n) is 6.18. The first-order valence-corrected chi connectivity index (χ1v) is 9.41. The molecule has 1 saturated carbocycles. The molecule has 1 aromatic heterocycles. The van der Waals surface area contributed by atoms with E-state index in [1.54, 1.807) is 5.56 Å². The normalized spacial score (nSPS) is 26.9. The van der Waals surface area contributed by atoms with E-state index in [0.29, 0.717) is 11.8 Å². The fraction of sp³-hybridized carbons (Fsp3) is 0.160. The molecule has 1 fully saturated rings. The van der Waals surface area contributed by atoms with Gasteiger partial charge in [0.15, 0.2) is 0 Å². The SMILES string of the molecule is C1=CC2C3C=CC1c1cc(-c4cc(-c5ccccc5)ccn4)ccc1C23. The molecule has 2 atom stereocenters. The summed E-state index contributed by atoms with van der Waals surface area (Å²) in [7, 11) is 0. The standard InChI is InChI=1S/C25H19N/c1-2-4-16(5-3-1)18-12-13-26-24(15-18)19-8-11-22-23(14-19)17-6-9-20-21(10-7-17)25(20)22/h1-15,17,20-21,25H. The Morgan fingerprint density at radius 1 is 0.615 bits per heavy atom. The van der Waals surface area contributed by atoms with E-state index in [4.69, 9.17) is 0 Å². The summed E-state index contributed by atoms with van der Waals surface area (Å²) in [6.45, 7) is 0. The minimum atomic E-state index is 0.419. The zero-order chi connectivity index (χ0) is 17.1. The van der Waals surface area contributed by atoms with Crippen molar-refractivity contribution in [2.24, 2.45) is 11.8 Å².